The van der Waals surface area contributed by atoms with E-state index in [0.29, 0.717) is 26.0 Å². The monoisotopic (exact) mass is 244 g/mol. The van der Waals surface area contributed by atoms with Crippen molar-refractivity contribution in [3.63, 3.8) is 0 Å². The molecular weight excluding hydrogens is 224 g/mol. The van der Waals surface area contributed by atoms with Crippen LogP contribution >= 0.6 is 0 Å². The Bertz CT molecular complexity index is 275. The van der Waals surface area contributed by atoms with E-state index in [0.717, 1.165) is 12.8 Å². The smallest absolute Gasteiger partial charge is 0.314 e. The van der Waals surface area contributed by atoms with Gasteiger partial charge >= 0.3 is 12.0 Å². The van der Waals surface area contributed by atoms with E-state index in [-0.39, 0.29) is 12.6 Å². The van der Waals surface area contributed by atoms with Crippen molar-refractivity contribution in [1.29, 1.82) is 0 Å². The number of methoxy groups -OCH3 is 1. The number of carbonyl (C=O) groups is 2. The van der Waals surface area contributed by atoms with Crippen LogP contribution in [0.1, 0.15) is 25.7 Å². The Balaban J connectivity index is 2.32. The molecule has 6 heteroatoms. The number of urea groups is 1. The first kappa shape index (κ1) is 13.8. The molecule has 2 amide bonds. The molecule has 0 saturated heterocycles. The number of hydrogen-bond acceptors (Lipinski definition) is 3. The van der Waals surface area contributed by atoms with E-state index in [1.54, 1.807) is 7.11 Å². The number of carboxylic acid groups (broad SMARTS) is 1. The van der Waals surface area contributed by atoms with Crippen molar-refractivity contribution in [3.8, 4) is 0 Å². The van der Waals surface area contributed by atoms with E-state index >= 15 is 0 Å². The second-order valence-corrected chi connectivity index (χ2v) is 4.39. The SMILES string of the molecule is COCCNC(=O)NCC1(C(=O)O)CCCC1. The Morgan fingerprint density at radius 1 is 1.29 bits per heavy atom. The van der Waals surface area contributed by atoms with E-state index in [2.05, 4.69) is 10.6 Å². The molecule has 6 nitrogen and oxygen atoms in total. The van der Waals surface area contributed by atoms with Crippen LogP contribution in [0.4, 0.5) is 4.79 Å². The van der Waals surface area contributed by atoms with E-state index in [1.807, 2.05) is 0 Å². The molecule has 0 aromatic heterocycles. The van der Waals surface area contributed by atoms with Gasteiger partial charge in [0.05, 0.1) is 12.0 Å². The van der Waals surface area contributed by atoms with Gasteiger partial charge in [0.25, 0.3) is 0 Å². The second-order valence-electron chi connectivity index (χ2n) is 4.39. The Labute approximate surface area is 101 Å². The van der Waals surface area contributed by atoms with Crippen LogP contribution in [0.15, 0.2) is 0 Å². The first-order chi connectivity index (χ1) is 8.10. The summed E-state index contributed by atoms with van der Waals surface area (Å²) in [7, 11) is 1.55. The number of aliphatic carboxylic acids is 1. The first-order valence-electron chi connectivity index (χ1n) is 5.85. The molecular formula is C11H20N2O4. The molecule has 98 valence electrons. The standard InChI is InChI=1S/C11H20N2O4/c1-17-7-6-12-10(16)13-8-11(9(14)15)4-2-3-5-11/h2-8H2,1H3,(H,14,15)(H2,12,13,16). The highest BCUT2D eigenvalue weighted by Gasteiger charge is 2.41. The van der Waals surface area contributed by atoms with E-state index < -0.39 is 11.4 Å². The normalized spacial score (nSPS) is 17.7. The molecule has 0 aliphatic heterocycles. The lowest BCUT2D eigenvalue weighted by atomic mass is 9.86. The third-order valence-electron chi connectivity index (χ3n) is 3.19. The summed E-state index contributed by atoms with van der Waals surface area (Å²) in [6.07, 6.45) is 3.11. The van der Waals surface area contributed by atoms with Crippen molar-refractivity contribution in [3.05, 3.63) is 0 Å². The van der Waals surface area contributed by atoms with Crippen LogP contribution in [0.25, 0.3) is 0 Å². The summed E-state index contributed by atoms with van der Waals surface area (Å²) in [6.45, 7) is 1.06. The van der Waals surface area contributed by atoms with Crippen LogP contribution in [-0.4, -0.2) is 43.9 Å². The van der Waals surface area contributed by atoms with E-state index in [1.165, 1.54) is 0 Å². The van der Waals surface area contributed by atoms with Gasteiger partial charge in [0, 0.05) is 20.2 Å². The molecule has 1 fully saturated rings. The lowest BCUT2D eigenvalue weighted by Gasteiger charge is -2.23. The highest BCUT2D eigenvalue weighted by atomic mass is 16.5. The molecule has 0 heterocycles. The summed E-state index contributed by atoms with van der Waals surface area (Å²) in [5.41, 5.74) is -0.765. The van der Waals surface area contributed by atoms with Gasteiger partial charge in [0.2, 0.25) is 0 Å². The van der Waals surface area contributed by atoms with E-state index in [4.69, 9.17) is 4.74 Å². The van der Waals surface area contributed by atoms with Gasteiger partial charge in [0.15, 0.2) is 0 Å². The van der Waals surface area contributed by atoms with E-state index in [9.17, 15) is 14.7 Å². The minimum Gasteiger partial charge on any atom is -0.481 e. The van der Waals surface area contributed by atoms with Crippen molar-refractivity contribution in [1.82, 2.24) is 10.6 Å². The number of hydrogen-bond donors (Lipinski definition) is 3. The van der Waals surface area contributed by atoms with Crippen molar-refractivity contribution in [2.24, 2.45) is 5.41 Å². The van der Waals surface area contributed by atoms with Gasteiger partial charge in [-0.2, -0.15) is 0 Å². The summed E-state index contributed by atoms with van der Waals surface area (Å²) < 4.78 is 4.79. The third kappa shape index (κ3) is 3.89. The van der Waals surface area contributed by atoms with Crippen LogP contribution in [-0.2, 0) is 9.53 Å². The minimum absolute atomic E-state index is 0.196. The molecule has 1 saturated carbocycles. The summed E-state index contributed by atoms with van der Waals surface area (Å²) in [5, 5.41) is 14.4. The Morgan fingerprint density at radius 2 is 1.94 bits per heavy atom. The van der Waals surface area contributed by atoms with Crippen LogP contribution in [0, 0.1) is 5.41 Å². The number of rotatable bonds is 6. The Morgan fingerprint density at radius 3 is 2.47 bits per heavy atom. The number of ether oxygens (including phenoxy) is 1. The average molecular weight is 244 g/mol. The van der Waals surface area contributed by atoms with Gasteiger partial charge in [-0.1, -0.05) is 12.8 Å². The van der Waals surface area contributed by atoms with Crippen LogP contribution in [0.5, 0.6) is 0 Å². The van der Waals surface area contributed by atoms with Gasteiger partial charge < -0.3 is 20.5 Å². The fourth-order valence-corrected chi connectivity index (χ4v) is 2.10. The van der Waals surface area contributed by atoms with Crippen molar-refractivity contribution >= 4 is 12.0 Å². The molecule has 0 bridgehead atoms. The fraction of sp³-hybridized carbons (Fsp3) is 0.818. The van der Waals surface area contributed by atoms with Crippen LogP contribution in [0.3, 0.4) is 0 Å². The maximum absolute atomic E-state index is 11.4. The molecule has 3 N–H and O–H groups in total. The van der Waals surface area contributed by atoms with Crippen molar-refractivity contribution in [2.75, 3.05) is 26.8 Å². The van der Waals surface area contributed by atoms with Crippen LogP contribution < -0.4 is 10.6 Å². The van der Waals surface area contributed by atoms with Gasteiger partial charge in [-0.3, -0.25) is 4.79 Å². The third-order valence-corrected chi connectivity index (χ3v) is 3.19. The number of nitrogens with one attached hydrogen (secondary N) is 2. The van der Waals surface area contributed by atoms with Crippen LogP contribution in [0.2, 0.25) is 0 Å². The molecule has 17 heavy (non-hydrogen) atoms. The molecule has 0 atom stereocenters. The zero-order chi connectivity index (χ0) is 12.7. The molecule has 1 aliphatic carbocycles. The zero-order valence-electron chi connectivity index (χ0n) is 10.1. The van der Waals surface area contributed by atoms with Crippen molar-refractivity contribution < 1.29 is 19.4 Å². The number of carbonyl (C=O) groups excluding carboxylic acids is 1. The fourth-order valence-electron chi connectivity index (χ4n) is 2.10. The molecule has 0 unspecified atom stereocenters. The molecule has 0 aromatic carbocycles. The summed E-state index contributed by atoms with van der Waals surface area (Å²) >= 11 is 0. The van der Waals surface area contributed by atoms with Gasteiger partial charge in [-0.15, -0.1) is 0 Å². The lowest BCUT2D eigenvalue weighted by Crippen LogP contribution is -2.45. The van der Waals surface area contributed by atoms with Gasteiger partial charge in [-0.25, -0.2) is 4.79 Å². The number of carboxylic acids is 1. The zero-order valence-corrected chi connectivity index (χ0v) is 10.1. The Hall–Kier alpha value is -1.30. The maximum Gasteiger partial charge on any atom is 0.314 e. The average Bonchev–Trinajstić information content (AvgIpc) is 2.77. The van der Waals surface area contributed by atoms with Gasteiger partial charge in [0.1, 0.15) is 0 Å². The topological polar surface area (TPSA) is 87.7 Å². The summed E-state index contributed by atoms with van der Waals surface area (Å²) in [6, 6.07) is -0.338. The maximum atomic E-state index is 11.4. The molecule has 1 rings (SSSR count). The minimum atomic E-state index is -0.813. The molecule has 0 aromatic rings. The first-order valence-corrected chi connectivity index (χ1v) is 5.85. The largest absolute Gasteiger partial charge is 0.481 e. The molecule has 0 spiro atoms. The summed E-state index contributed by atoms with van der Waals surface area (Å²) in [5.74, 6) is -0.813. The molecule has 0 radical (unpaired) electrons. The van der Waals surface area contributed by atoms with Gasteiger partial charge in [-0.05, 0) is 12.8 Å². The lowest BCUT2D eigenvalue weighted by molar-refractivity contribution is -0.148. The Kier molecular flexibility index (Phi) is 5.21. The predicted octanol–water partition coefficient (Wildman–Crippen LogP) is 0.577. The summed E-state index contributed by atoms with van der Waals surface area (Å²) in [4.78, 5) is 22.6. The number of amides is 2. The highest BCUT2D eigenvalue weighted by Crippen LogP contribution is 2.37. The molecule has 1 aliphatic rings. The van der Waals surface area contributed by atoms with Crippen molar-refractivity contribution in [2.45, 2.75) is 25.7 Å². The quantitative estimate of drug-likeness (QED) is 0.596. The highest BCUT2D eigenvalue weighted by molar-refractivity contribution is 5.78. The second kappa shape index (κ2) is 6.44. The predicted molar refractivity (Wildman–Crippen MR) is 61.8 cm³/mol.